The standard InChI is InChI=1S/C14H27F3N4O/c1-2-18-13(19-6-4-3-5-14(15,16)17)20-7-8-21-9-11-22-12-10-21/h2-12H2,1H3,(H2,18,19,20). The van der Waals surface area contributed by atoms with E-state index in [4.69, 9.17) is 4.74 Å². The zero-order valence-electron chi connectivity index (χ0n) is 13.2. The fraction of sp³-hybridized carbons (Fsp3) is 0.929. The van der Waals surface area contributed by atoms with Gasteiger partial charge in [0.2, 0.25) is 0 Å². The molecule has 5 nitrogen and oxygen atoms in total. The Balaban J connectivity index is 2.17. The number of guanidine groups is 1. The van der Waals surface area contributed by atoms with Gasteiger partial charge in [0, 0.05) is 45.7 Å². The molecule has 0 unspecified atom stereocenters. The quantitative estimate of drug-likeness (QED) is 0.405. The van der Waals surface area contributed by atoms with Crippen LogP contribution in [0.1, 0.15) is 26.2 Å². The number of hydrogen-bond donors (Lipinski definition) is 2. The van der Waals surface area contributed by atoms with E-state index in [2.05, 4.69) is 20.5 Å². The molecule has 1 aliphatic heterocycles. The maximum absolute atomic E-state index is 12.0. The monoisotopic (exact) mass is 324 g/mol. The fourth-order valence-corrected chi connectivity index (χ4v) is 2.13. The van der Waals surface area contributed by atoms with Gasteiger partial charge in [0.05, 0.1) is 13.2 Å². The van der Waals surface area contributed by atoms with Gasteiger partial charge >= 0.3 is 6.18 Å². The highest BCUT2D eigenvalue weighted by molar-refractivity contribution is 5.79. The number of aliphatic imine (C=N–C) groups is 1. The van der Waals surface area contributed by atoms with Gasteiger partial charge in [-0.2, -0.15) is 13.2 Å². The van der Waals surface area contributed by atoms with E-state index in [9.17, 15) is 13.2 Å². The lowest BCUT2D eigenvalue weighted by molar-refractivity contribution is -0.135. The highest BCUT2D eigenvalue weighted by Gasteiger charge is 2.25. The molecule has 1 aliphatic rings. The van der Waals surface area contributed by atoms with Gasteiger partial charge in [-0.05, 0) is 19.8 Å². The van der Waals surface area contributed by atoms with Crippen LogP contribution in [-0.2, 0) is 4.74 Å². The van der Waals surface area contributed by atoms with Gasteiger partial charge in [0.15, 0.2) is 5.96 Å². The van der Waals surface area contributed by atoms with Crippen molar-refractivity contribution in [1.29, 1.82) is 0 Å². The van der Waals surface area contributed by atoms with Crippen LogP contribution in [-0.4, -0.2) is 69.5 Å². The van der Waals surface area contributed by atoms with E-state index < -0.39 is 12.6 Å². The molecule has 0 aromatic rings. The molecule has 1 rings (SSSR count). The molecule has 0 aromatic heterocycles. The number of unbranched alkanes of at least 4 members (excludes halogenated alkanes) is 1. The number of halogens is 3. The van der Waals surface area contributed by atoms with Gasteiger partial charge in [-0.1, -0.05) is 0 Å². The zero-order chi connectivity index (χ0) is 16.3. The van der Waals surface area contributed by atoms with E-state index in [-0.39, 0.29) is 6.42 Å². The van der Waals surface area contributed by atoms with Crippen molar-refractivity contribution < 1.29 is 17.9 Å². The highest BCUT2D eigenvalue weighted by atomic mass is 19.4. The molecule has 22 heavy (non-hydrogen) atoms. The summed E-state index contributed by atoms with van der Waals surface area (Å²) < 4.78 is 41.4. The number of rotatable bonds is 8. The lowest BCUT2D eigenvalue weighted by Crippen LogP contribution is -2.44. The van der Waals surface area contributed by atoms with E-state index in [0.29, 0.717) is 18.9 Å². The predicted molar refractivity (Wildman–Crippen MR) is 81.1 cm³/mol. The van der Waals surface area contributed by atoms with Crippen LogP contribution in [0.3, 0.4) is 0 Å². The Labute approximate surface area is 130 Å². The van der Waals surface area contributed by atoms with Crippen molar-refractivity contribution in [2.24, 2.45) is 4.99 Å². The second kappa shape index (κ2) is 10.7. The summed E-state index contributed by atoms with van der Waals surface area (Å²) in [5, 5.41) is 6.31. The Bertz CT molecular complexity index is 318. The summed E-state index contributed by atoms with van der Waals surface area (Å²) in [5.41, 5.74) is 0. The second-order valence-corrected chi connectivity index (χ2v) is 5.21. The molecule has 0 bridgehead atoms. The normalized spacial score (nSPS) is 17.5. The molecule has 130 valence electrons. The molecular weight excluding hydrogens is 297 g/mol. The molecule has 0 aromatic carbocycles. The maximum atomic E-state index is 12.0. The van der Waals surface area contributed by atoms with Crippen molar-refractivity contribution in [2.75, 3.05) is 52.5 Å². The van der Waals surface area contributed by atoms with E-state index in [1.165, 1.54) is 0 Å². The zero-order valence-corrected chi connectivity index (χ0v) is 13.2. The summed E-state index contributed by atoms with van der Waals surface area (Å²) in [6.07, 6.45) is -4.23. The predicted octanol–water partition coefficient (Wildman–Crippen LogP) is 1.61. The maximum Gasteiger partial charge on any atom is 0.389 e. The first-order chi connectivity index (χ1) is 10.5. The summed E-state index contributed by atoms with van der Waals surface area (Å²) in [7, 11) is 0. The topological polar surface area (TPSA) is 48.9 Å². The Hall–Kier alpha value is -1.02. The average molecular weight is 324 g/mol. The van der Waals surface area contributed by atoms with Crippen molar-refractivity contribution in [1.82, 2.24) is 15.5 Å². The SMILES string of the molecule is CCNC(=NCCCCC(F)(F)F)NCCN1CCOCC1. The molecule has 0 radical (unpaired) electrons. The number of nitrogens with zero attached hydrogens (tertiary/aromatic N) is 2. The largest absolute Gasteiger partial charge is 0.389 e. The summed E-state index contributed by atoms with van der Waals surface area (Å²) in [4.78, 5) is 6.61. The molecule has 0 atom stereocenters. The van der Waals surface area contributed by atoms with Crippen LogP contribution in [0.25, 0.3) is 0 Å². The van der Waals surface area contributed by atoms with Crippen LogP contribution in [0.4, 0.5) is 13.2 Å². The third-order valence-electron chi connectivity index (χ3n) is 3.31. The van der Waals surface area contributed by atoms with Crippen molar-refractivity contribution in [2.45, 2.75) is 32.4 Å². The van der Waals surface area contributed by atoms with Gasteiger partial charge in [0.1, 0.15) is 0 Å². The minimum Gasteiger partial charge on any atom is -0.379 e. The molecule has 8 heteroatoms. The Morgan fingerprint density at radius 1 is 1.18 bits per heavy atom. The van der Waals surface area contributed by atoms with E-state index in [1.807, 2.05) is 6.92 Å². The van der Waals surface area contributed by atoms with E-state index >= 15 is 0 Å². The minimum atomic E-state index is -4.06. The third kappa shape index (κ3) is 9.83. The van der Waals surface area contributed by atoms with Crippen LogP contribution in [0.15, 0.2) is 4.99 Å². The summed E-state index contributed by atoms with van der Waals surface area (Å²) in [6.45, 7) is 8.17. The lowest BCUT2D eigenvalue weighted by Gasteiger charge is -2.26. The Morgan fingerprint density at radius 2 is 1.91 bits per heavy atom. The number of morpholine rings is 1. The Morgan fingerprint density at radius 3 is 2.55 bits per heavy atom. The summed E-state index contributed by atoms with van der Waals surface area (Å²) in [5.74, 6) is 0.669. The molecule has 0 saturated carbocycles. The first-order valence-electron chi connectivity index (χ1n) is 7.90. The molecule has 1 fully saturated rings. The lowest BCUT2D eigenvalue weighted by atomic mass is 10.2. The number of alkyl halides is 3. The van der Waals surface area contributed by atoms with Crippen molar-refractivity contribution in [3.8, 4) is 0 Å². The van der Waals surface area contributed by atoms with Crippen molar-refractivity contribution >= 4 is 5.96 Å². The fourth-order valence-electron chi connectivity index (χ4n) is 2.13. The molecule has 1 heterocycles. The van der Waals surface area contributed by atoms with Crippen LogP contribution in [0, 0.1) is 0 Å². The van der Waals surface area contributed by atoms with Gasteiger partial charge in [-0.15, -0.1) is 0 Å². The average Bonchev–Trinajstić information content (AvgIpc) is 2.47. The van der Waals surface area contributed by atoms with Crippen LogP contribution < -0.4 is 10.6 Å². The van der Waals surface area contributed by atoms with Crippen molar-refractivity contribution in [3.05, 3.63) is 0 Å². The summed E-state index contributed by atoms with van der Waals surface area (Å²) in [6, 6.07) is 0. The minimum absolute atomic E-state index is 0.125. The summed E-state index contributed by atoms with van der Waals surface area (Å²) >= 11 is 0. The van der Waals surface area contributed by atoms with E-state index in [0.717, 1.165) is 45.9 Å². The van der Waals surface area contributed by atoms with Gasteiger partial charge < -0.3 is 15.4 Å². The number of hydrogen-bond acceptors (Lipinski definition) is 3. The highest BCUT2D eigenvalue weighted by Crippen LogP contribution is 2.21. The van der Waals surface area contributed by atoms with Crippen LogP contribution in [0.5, 0.6) is 0 Å². The van der Waals surface area contributed by atoms with Crippen LogP contribution >= 0.6 is 0 Å². The molecular formula is C14H27F3N4O. The molecule has 0 aliphatic carbocycles. The van der Waals surface area contributed by atoms with Crippen LogP contribution in [0.2, 0.25) is 0 Å². The molecule has 0 amide bonds. The Kier molecular flexibility index (Phi) is 9.22. The number of ether oxygens (including phenoxy) is 1. The smallest absolute Gasteiger partial charge is 0.379 e. The first-order valence-corrected chi connectivity index (χ1v) is 7.90. The van der Waals surface area contributed by atoms with E-state index in [1.54, 1.807) is 0 Å². The molecule has 2 N–H and O–H groups in total. The molecule has 1 saturated heterocycles. The van der Waals surface area contributed by atoms with Gasteiger partial charge in [-0.25, -0.2) is 0 Å². The van der Waals surface area contributed by atoms with Gasteiger partial charge in [0.25, 0.3) is 0 Å². The molecule has 0 spiro atoms. The first kappa shape index (κ1) is 19.0. The third-order valence-corrected chi connectivity index (χ3v) is 3.31. The number of nitrogens with one attached hydrogen (secondary N) is 2. The second-order valence-electron chi connectivity index (χ2n) is 5.21. The van der Waals surface area contributed by atoms with Gasteiger partial charge in [-0.3, -0.25) is 9.89 Å². The van der Waals surface area contributed by atoms with Crippen molar-refractivity contribution in [3.63, 3.8) is 0 Å².